The predicted molar refractivity (Wildman–Crippen MR) is 164 cm³/mol. The molecule has 2 N–H and O–H groups in total. The van der Waals surface area contributed by atoms with Crippen molar-refractivity contribution >= 4 is 23.1 Å². The molecule has 0 atom stereocenters. The number of nitrogens with zero attached hydrogens (tertiary/aromatic N) is 5. The second kappa shape index (κ2) is 12.8. The van der Waals surface area contributed by atoms with Gasteiger partial charge in [0.2, 0.25) is 5.88 Å². The van der Waals surface area contributed by atoms with E-state index in [2.05, 4.69) is 74.7 Å². The summed E-state index contributed by atoms with van der Waals surface area (Å²) in [5.74, 6) is 1.69. The van der Waals surface area contributed by atoms with Gasteiger partial charge in [0, 0.05) is 31.7 Å². The van der Waals surface area contributed by atoms with Crippen LogP contribution in [-0.2, 0) is 0 Å². The maximum atomic E-state index is 13.1. The van der Waals surface area contributed by atoms with E-state index in [0.717, 1.165) is 47.7 Å². The number of benzene rings is 2. The molecule has 2 aromatic carbocycles. The Kier molecular flexibility index (Phi) is 8.74. The minimum atomic E-state index is -0.287. The molecular formula is C32H37N7O2. The van der Waals surface area contributed by atoms with Crippen molar-refractivity contribution in [3.05, 3.63) is 84.4 Å². The number of urea groups is 1. The molecule has 5 rings (SSSR count). The number of rotatable bonds is 11. The fourth-order valence-corrected chi connectivity index (χ4v) is 4.75. The number of aromatic nitrogens is 3. The summed E-state index contributed by atoms with van der Waals surface area (Å²) in [5, 5.41) is 6.09. The number of hydrogen-bond donors (Lipinski definition) is 2. The Bertz CT molecular complexity index is 1490. The van der Waals surface area contributed by atoms with Crippen LogP contribution in [0.1, 0.15) is 36.3 Å². The lowest BCUT2D eigenvalue weighted by Gasteiger charge is -2.24. The van der Waals surface area contributed by atoms with E-state index in [4.69, 9.17) is 4.74 Å². The Labute approximate surface area is 241 Å². The van der Waals surface area contributed by atoms with Crippen molar-refractivity contribution in [3.8, 4) is 22.9 Å². The van der Waals surface area contributed by atoms with E-state index in [1.165, 1.54) is 24.7 Å². The molecular weight excluding hydrogens is 514 g/mol. The highest BCUT2D eigenvalue weighted by molar-refractivity contribution is 6.02. The minimum Gasteiger partial charge on any atom is -0.438 e. The molecule has 9 nitrogen and oxygen atoms in total. The fourth-order valence-electron chi connectivity index (χ4n) is 4.75. The van der Waals surface area contributed by atoms with Gasteiger partial charge < -0.3 is 25.2 Å². The van der Waals surface area contributed by atoms with E-state index >= 15 is 0 Å². The third-order valence-corrected chi connectivity index (χ3v) is 7.10. The van der Waals surface area contributed by atoms with Crippen LogP contribution >= 0.6 is 0 Å². The van der Waals surface area contributed by atoms with E-state index in [1.54, 1.807) is 12.4 Å². The number of hydrogen-bond acceptors (Lipinski definition) is 7. The Morgan fingerprint density at radius 3 is 2.56 bits per heavy atom. The van der Waals surface area contributed by atoms with Crippen molar-refractivity contribution in [2.75, 3.05) is 49.8 Å². The minimum absolute atomic E-state index is 0.287. The summed E-state index contributed by atoms with van der Waals surface area (Å²) in [7, 11) is 6.24. The van der Waals surface area contributed by atoms with E-state index < -0.39 is 0 Å². The van der Waals surface area contributed by atoms with Gasteiger partial charge in [-0.3, -0.25) is 0 Å². The highest BCUT2D eigenvalue weighted by Crippen LogP contribution is 2.42. The molecule has 0 saturated heterocycles. The molecule has 2 amide bonds. The van der Waals surface area contributed by atoms with Gasteiger partial charge in [-0.15, -0.1) is 0 Å². The lowest BCUT2D eigenvalue weighted by molar-refractivity contribution is 0.262. The van der Waals surface area contributed by atoms with Gasteiger partial charge in [-0.25, -0.2) is 19.7 Å². The summed E-state index contributed by atoms with van der Waals surface area (Å²) in [6.07, 6.45) is 8.31. The molecule has 1 fully saturated rings. The number of ether oxygens (including phenoxy) is 1. The Morgan fingerprint density at radius 2 is 1.83 bits per heavy atom. The molecule has 0 radical (unpaired) electrons. The quantitative estimate of drug-likeness (QED) is 0.218. The largest absolute Gasteiger partial charge is 0.438 e. The van der Waals surface area contributed by atoms with Crippen LogP contribution in [0.3, 0.4) is 0 Å². The van der Waals surface area contributed by atoms with E-state index in [9.17, 15) is 4.79 Å². The number of aryl methyl sites for hydroxylation is 1. The maximum absolute atomic E-state index is 13.1. The number of amides is 2. The molecule has 1 aliphatic rings. The van der Waals surface area contributed by atoms with Crippen LogP contribution in [0.15, 0.2) is 73.3 Å². The van der Waals surface area contributed by atoms with Crippen molar-refractivity contribution < 1.29 is 9.53 Å². The van der Waals surface area contributed by atoms with Crippen LogP contribution in [0, 0.1) is 6.92 Å². The van der Waals surface area contributed by atoms with Gasteiger partial charge in [-0.1, -0.05) is 6.07 Å². The highest BCUT2D eigenvalue weighted by Gasteiger charge is 2.25. The lowest BCUT2D eigenvalue weighted by Crippen LogP contribution is -2.26. The molecule has 0 bridgehead atoms. The van der Waals surface area contributed by atoms with Gasteiger partial charge in [-0.2, -0.15) is 0 Å². The average Bonchev–Trinajstić information content (AvgIpc) is 3.81. The maximum Gasteiger partial charge on any atom is 0.323 e. The van der Waals surface area contributed by atoms with Crippen LogP contribution in [0.5, 0.6) is 11.6 Å². The summed E-state index contributed by atoms with van der Waals surface area (Å²) in [4.78, 5) is 30.3. The second-order valence-electron chi connectivity index (χ2n) is 10.7. The number of carbonyl (C=O) groups is 1. The first-order valence-electron chi connectivity index (χ1n) is 13.9. The molecule has 9 heteroatoms. The average molecular weight is 552 g/mol. The predicted octanol–water partition coefficient (Wildman–Crippen LogP) is 6.55. The van der Waals surface area contributed by atoms with Crippen LogP contribution in [0.4, 0.5) is 21.9 Å². The standard InChI is InChI=1S/C32H37N7O2/c1-22-19-25(11-13-30(22)41-31-26(7-5-15-34-31)27-14-16-33-21-35-27)36-32(40)37-28-20-24(23-8-9-23)10-12-29(28)39(4)18-6-17-38(2)3/h5,7,10-16,19-21,23H,6,8-9,17-18H2,1-4H3,(H2,36,37,40). The second-order valence-corrected chi connectivity index (χ2v) is 10.7. The molecule has 41 heavy (non-hydrogen) atoms. The molecule has 4 aromatic rings. The summed E-state index contributed by atoms with van der Waals surface area (Å²) in [5.41, 5.74) is 6.14. The summed E-state index contributed by atoms with van der Waals surface area (Å²) in [6, 6.07) is 17.3. The molecule has 0 aliphatic heterocycles. The van der Waals surface area contributed by atoms with E-state index in [0.29, 0.717) is 23.2 Å². The van der Waals surface area contributed by atoms with Crippen molar-refractivity contribution in [2.24, 2.45) is 0 Å². The highest BCUT2D eigenvalue weighted by atomic mass is 16.5. The molecule has 0 unspecified atom stereocenters. The zero-order chi connectivity index (χ0) is 28.8. The smallest absolute Gasteiger partial charge is 0.323 e. The van der Waals surface area contributed by atoms with Crippen LogP contribution in [-0.4, -0.2) is 60.1 Å². The number of pyridine rings is 1. The monoisotopic (exact) mass is 551 g/mol. The SMILES string of the molecule is Cc1cc(NC(=O)Nc2cc(C3CC3)ccc2N(C)CCCN(C)C)ccc1Oc1ncccc1-c1ccncn1. The Hall–Kier alpha value is -4.50. The zero-order valence-corrected chi connectivity index (χ0v) is 24.1. The number of nitrogens with one attached hydrogen (secondary N) is 2. The number of anilines is 3. The van der Waals surface area contributed by atoms with E-state index in [1.807, 2.05) is 43.3 Å². The van der Waals surface area contributed by atoms with Crippen LogP contribution < -0.4 is 20.3 Å². The van der Waals surface area contributed by atoms with Crippen molar-refractivity contribution in [1.82, 2.24) is 19.9 Å². The van der Waals surface area contributed by atoms with Crippen LogP contribution in [0.2, 0.25) is 0 Å². The summed E-state index contributed by atoms with van der Waals surface area (Å²) in [6.45, 7) is 3.84. The Balaban J connectivity index is 1.28. The van der Waals surface area contributed by atoms with Gasteiger partial charge in [0.25, 0.3) is 0 Å². The third kappa shape index (κ3) is 7.37. The van der Waals surface area contributed by atoms with Gasteiger partial charge >= 0.3 is 6.03 Å². The normalized spacial score (nSPS) is 12.7. The van der Waals surface area contributed by atoms with Crippen molar-refractivity contribution in [2.45, 2.75) is 32.1 Å². The van der Waals surface area contributed by atoms with Crippen LogP contribution in [0.25, 0.3) is 11.3 Å². The van der Waals surface area contributed by atoms with Crippen molar-refractivity contribution in [3.63, 3.8) is 0 Å². The fraction of sp³-hybridized carbons (Fsp3) is 0.312. The Morgan fingerprint density at radius 1 is 0.976 bits per heavy atom. The summed E-state index contributed by atoms with van der Waals surface area (Å²) >= 11 is 0. The molecule has 1 aliphatic carbocycles. The molecule has 2 heterocycles. The third-order valence-electron chi connectivity index (χ3n) is 7.10. The van der Waals surface area contributed by atoms with Gasteiger partial charge in [0.05, 0.1) is 22.6 Å². The first kappa shape index (κ1) is 28.0. The zero-order valence-electron chi connectivity index (χ0n) is 24.1. The number of carbonyl (C=O) groups excluding carboxylic acids is 1. The first-order valence-corrected chi connectivity index (χ1v) is 13.9. The molecule has 1 saturated carbocycles. The van der Waals surface area contributed by atoms with Gasteiger partial charge in [0.1, 0.15) is 12.1 Å². The van der Waals surface area contributed by atoms with Crippen molar-refractivity contribution in [1.29, 1.82) is 0 Å². The molecule has 212 valence electrons. The van der Waals surface area contributed by atoms with Gasteiger partial charge in [-0.05, 0) is 112 Å². The summed E-state index contributed by atoms with van der Waals surface area (Å²) < 4.78 is 6.17. The first-order chi connectivity index (χ1) is 19.9. The van der Waals surface area contributed by atoms with E-state index in [-0.39, 0.29) is 6.03 Å². The lowest BCUT2D eigenvalue weighted by atomic mass is 10.1. The topological polar surface area (TPSA) is 95.5 Å². The van der Waals surface area contributed by atoms with Gasteiger partial charge in [0.15, 0.2) is 0 Å². The molecule has 0 spiro atoms. The molecule has 2 aromatic heterocycles.